The lowest BCUT2D eigenvalue weighted by Gasteiger charge is -2.34. The van der Waals surface area contributed by atoms with Gasteiger partial charge in [-0.15, -0.1) is 0 Å². The Morgan fingerprint density at radius 3 is 2.41 bits per heavy atom. The molecule has 2 aromatic rings. The van der Waals surface area contributed by atoms with E-state index in [1.807, 2.05) is 41.3 Å². The molecule has 0 radical (unpaired) electrons. The molecule has 0 spiro atoms. The predicted octanol–water partition coefficient (Wildman–Crippen LogP) is 2.27. The average molecular weight is 372 g/mol. The molecule has 1 aliphatic rings. The zero-order chi connectivity index (χ0) is 19.3. The Bertz CT molecular complexity index is 806. The highest BCUT2D eigenvalue weighted by Gasteiger charge is 2.35. The van der Waals surface area contributed by atoms with Crippen molar-refractivity contribution in [1.29, 1.82) is 5.26 Å². The van der Waals surface area contributed by atoms with Crippen LogP contribution in [-0.2, 0) is 13.1 Å². The van der Waals surface area contributed by atoms with Gasteiger partial charge in [-0.2, -0.15) is 5.26 Å². The number of nitrogens with zero attached hydrogens (tertiary/aromatic N) is 5. The van der Waals surface area contributed by atoms with Crippen molar-refractivity contribution in [2.75, 3.05) is 31.9 Å². The summed E-state index contributed by atoms with van der Waals surface area (Å²) >= 11 is 0. The number of hydrogen-bond acceptors (Lipinski definition) is 6. The lowest BCUT2D eigenvalue weighted by molar-refractivity contribution is -0.0713. The summed E-state index contributed by atoms with van der Waals surface area (Å²) in [6.45, 7) is 1.17. The van der Waals surface area contributed by atoms with Gasteiger partial charge in [-0.1, -0.05) is 30.3 Å². The molecule has 0 aliphatic carbocycles. The van der Waals surface area contributed by atoms with E-state index in [9.17, 15) is 8.78 Å². The maximum atomic E-state index is 14.6. The van der Waals surface area contributed by atoms with Gasteiger partial charge in [0.25, 0.3) is 5.92 Å². The minimum Gasteiger partial charge on any atom is -0.382 e. The van der Waals surface area contributed by atoms with Crippen LogP contribution in [0.4, 0.5) is 14.6 Å². The molecule has 8 heteroatoms. The van der Waals surface area contributed by atoms with Crippen molar-refractivity contribution in [2.45, 2.75) is 25.4 Å². The van der Waals surface area contributed by atoms with Gasteiger partial charge in [-0.25, -0.2) is 18.7 Å². The van der Waals surface area contributed by atoms with Crippen LogP contribution in [0.2, 0.25) is 0 Å². The van der Waals surface area contributed by atoms with Crippen LogP contribution in [-0.4, -0.2) is 51.9 Å². The molecule has 0 unspecified atom stereocenters. The van der Waals surface area contributed by atoms with Crippen LogP contribution in [0, 0.1) is 11.3 Å². The van der Waals surface area contributed by atoms with E-state index in [1.165, 1.54) is 6.20 Å². The molecule has 1 aliphatic heterocycles. The van der Waals surface area contributed by atoms with Gasteiger partial charge < -0.3 is 5.73 Å². The van der Waals surface area contributed by atoms with Gasteiger partial charge in [0.1, 0.15) is 23.3 Å². The van der Waals surface area contributed by atoms with E-state index in [1.54, 1.807) is 4.90 Å². The third-order valence-corrected chi connectivity index (χ3v) is 4.46. The second kappa shape index (κ2) is 8.37. The van der Waals surface area contributed by atoms with E-state index in [-0.39, 0.29) is 31.0 Å². The SMILES string of the molecule is N#Cc1cnc(CN2CCCN(Cc3ccccc3)CC(F)(F)C2)nc1N. The fraction of sp³-hybridized carbons (Fsp3) is 0.421. The van der Waals surface area contributed by atoms with E-state index in [2.05, 4.69) is 9.97 Å². The van der Waals surface area contributed by atoms with Crippen LogP contribution < -0.4 is 5.73 Å². The van der Waals surface area contributed by atoms with E-state index in [4.69, 9.17) is 11.0 Å². The summed E-state index contributed by atoms with van der Waals surface area (Å²) in [5, 5.41) is 8.87. The zero-order valence-electron chi connectivity index (χ0n) is 15.0. The number of alkyl halides is 2. The topological polar surface area (TPSA) is 82.1 Å². The molecule has 142 valence electrons. The third kappa shape index (κ3) is 5.42. The van der Waals surface area contributed by atoms with Crippen LogP contribution in [0.1, 0.15) is 23.4 Å². The first kappa shape index (κ1) is 19.1. The van der Waals surface area contributed by atoms with Crippen molar-refractivity contribution in [2.24, 2.45) is 0 Å². The van der Waals surface area contributed by atoms with Crippen LogP contribution in [0.25, 0.3) is 0 Å². The first-order chi connectivity index (χ1) is 12.9. The predicted molar refractivity (Wildman–Crippen MR) is 97.7 cm³/mol. The van der Waals surface area contributed by atoms with Gasteiger partial charge in [-0.05, 0) is 18.5 Å². The van der Waals surface area contributed by atoms with Crippen molar-refractivity contribution >= 4 is 5.82 Å². The summed E-state index contributed by atoms with van der Waals surface area (Å²) < 4.78 is 29.1. The Morgan fingerprint density at radius 2 is 1.78 bits per heavy atom. The molecule has 0 amide bonds. The molecule has 1 aromatic carbocycles. The van der Waals surface area contributed by atoms with Gasteiger partial charge in [0.15, 0.2) is 0 Å². The Hall–Kier alpha value is -2.63. The summed E-state index contributed by atoms with van der Waals surface area (Å²) in [4.78, 5) is 11.6. The first-order valence-electron chi connectivity index (χ1n) is 8.83. The second-order valence-corrected chi connectivity index (χ2v) is 6.81. The molecule has 1 aromatic heterocycles. The maximum Gasteiger partial charge on any atom is 0.272 e. The molecular formula is C19H22F2N6. The Kier molecular flexibility index (Phi) is 5.94. The smallest absolute Gasteiger partial charge is 0.272 e. The van der Waals surface area contributed by atoms with Crippen molar-refractivity contribution in [3.63, 3.8) is 0 Å². The molecule has 3 rings (SSSR count). The van der Waals surface area contributed by atoms with Gasteiger partial charge in [0.05, 0.1) is 25.8 Å². The molecule has 6 nitrogen and oxygen atoms in total. The highest BCUT2D eigenvalue weighted by molar-refractivity contribution is 5.46. The summed E-state index contributed by atoms with van der Waals surface area (Å²) in [5.41, 5.74) is 6.91. The van der Waals surface area contributed by atoms with Crippen LogP contribution >= 0.6 is 0 Å². The molecule has 1 saturated heterocycles. The van der Waals surface area contributed by atoms with Crippen molar-refractivity contribution in [3.8, 4) is 6.07 Å². The Labute approximate surface area is 157 Å². The molecule has 27 heavy (non-hydrogen) atoms. The lowest BCUT2D eigenvalue weighted by atomic mass is 10.1. The van der Waals surface area contributed by atoms with Crippen molar-refractivity contribution in [1.82, 2.24) is 19.8 Å². The molecule has 0 atom stereocenters. The number of hydrogen-bond donors (Lipinski definition) is 1. The monoisotopic (exact) mass is 372 g/mol. The summed E-state index contributed by atoms with van der Waals surface area (Å²) in [6, 6.07) is 11.6. The highest BCUT2D eigenvalue weighted by Crippen LogP contribution is 2.22. The van der Waals surface area contributed by atoms with Crippen LogP contribution in [0.15, 0.2) is 36.5 Å². The molecular weight excluding hydrogens is 350 g/mol. The molecule has 2 heterocycles. The molecule has 1 fully saturated rings. The molecule has 2 N–H and O–H groups in total. The normalized spacial score (nSPS) is 18.4. The Morgan fingerprint density at radius 1 is 1.11 bits per heavy atom. The van der Waals surface area contributed by atoms with Crippen LogP contribution in [0.5, 0.6) is 0 Å². The number of aromatic nitrogens is 2. The minimum atomic E-state index is -2.84. The van der Waals surface area contributed by atoms with Crippen LogP contribution in [0.3, 0.4) is 0 Å². The first-order valence-corrected chi connectivity index (χ1v) is 8.83. The van der Waals surface area contributed by atoms with Gasteiger partial charge >= 0.3 is 0 Å². The summed E-state index contributed by atoms with van der Waals surface area (Å²) in [6.07, 6.45) is 2.11. The average Bonchev–Trinajstić information content (AvgIpc) is 2.61. The van der Waals surface area contributed by atoms with E-state index in [0.717, 1.165) is 12.0 Å². The highest BCUT2D eigenvalue weighted by atomic mass is 19.3. The number of nitriles is 1. The Balaban J connectivity index is 1.63. The third-order valence-electron chi connectivity index (χ3n) is 4.46. The summed E-state index contributed by atoms with van der Waals surface area (Å²) in [5.74, 6) is -2.41. The number of rotatable bonds is 4. The zero-order valence-corrected chi connectivity index (χ0v) is 15.0. The number of anilines is 1. The standard InChI is InChI=1S/C19H22F2N6/c20-19(21)13-26(11-15-5-2-1-3-6-15)7-4-8-27(14-19)12-17-24-10-16(9-22)18(23)25-17/h1-3,5-6,10H,4,7-8,11-14H2,(H2,23,24,25). The van der Waals surface area contributed by atoms with E-state index < -0.39 is 5.92 Å². The lowest BCUT2D eigenvalue weighted by Crippen LogP contribution is -2.48. The number of nitrogen functional groups attached to an aromatic ring is 1. The largest absolute Gasteiger partial charge is 0.382 e. The van der Waals surface area contributed by atoms with Crippen molar-refractivity contribution < 1.29 is 8.78 Å². The molecule has 0 bridgehead atoms. The minimum absolute atomic E-state index is 0.0790. The number of nitrogens with two attached hydrogens (primary N) is 1. The van der Waals surface area contributed by atoms with Crippen molar-refractivity contribution in [3.05, 3.63) is 53.5 Å². The fourth-order valence-corrected chi connectivity index (χ4v) is 3.29. The van der Waals surface area contributed by atoms with E-state index in [0.29, 0.717) is 25.5 Å². The van der Waals surface area contributed by atoms with E-state index >= 15 is 0 Å². The van der Waals surface area contributed by atoms with Gasteiger partial charge in [0.2, 0.25) is 0 Å². The van der Waals surface area contributed by atoms with Gasteiger partial charge in [0, 0.05) is 13.1 Å². The maximum absolute atomic E-state index is 14.6. The summed E-state index contributed by atoms with van der Waals surface area (Å²) in [7, 11) is 0. The number of benzene rings is 1. The molecule has 0 saturated carbocycles. The number of halogens is 2. The van der Waals surface area contributed by atoms with Gasteiger partial charge in [-0.3, -0.25) is 9.80 Å². The quantitative estimate of drug-likeness (QED) is 0.887. The fourth-order valence-electron chi connectivity index (χ4n) is 3.29. The second-order valence-electron chi connectivity index (χ2n) is 6.81.